The van der Waals surface area contributed by atoms with Crippen LogP contribution in [0.1, 0.15) is 76.2 Å². The molecule has 0 radical (unpaired) electrons. The highest BCUT2D eigenvalue weighted by atomic mass is 16.4. The van der Waals surface area contributed by atoms with Crippen LogP contribution in [0.25, 0.3) is 0 Å². The minimum Gasteiger partial charge on any atom is -0.478 e. The summed E-state index contributed by atoms with van der Waals surface area (Å²) < 4.78 is 0. The lowest BCUT2D eigenvalue weighted by Crippen LogP contribution is -2.11. The van der Waals surface area contributed by atoms with Crippen LogP contribution in [-0.2, 0) is 0 Å². The van der Waals surface area contributed by atoms with E-state index in [2.05, 4.69) is 27.7 Å². The van der Waals surface area contributed by atoms with Crippen LogP contribution in [-0.4, -0.2) is 11.1 Å². The van der Waals surface area contributed by atoms with E-state index in [1.807, 2.05) is 26.0 Å². The first-order valence-corrected chi connectivity index (χ1v) is 7.16. The topological polar surface area (TPSA) is 37.3 Å². The molecular weight excluding hydrogens is 236 g/mol. The molecule has 1 aromatic carbocycles. The van der Waals surface area contributed by atoms with Crippen molar-refractivity contribution in [2.75, 3.05) is 0 Å². The smallest absolute Gasteiger partial charge is 0.335 e. The lowest BCUT2D eigenvalue weighted by atomic mass is 9.80. The minimum atomic E-state index is -0.861. The van der Waals surface area contributed by atoms with Gasteiger partial charge in [-0.3, -0.25) is 0 Å². The molecule has 1 aromatic rings. The molecule has 0 aliphatic heterocycles. The molecule has 1 rings (SSSR count). The van der Waals surface area contributed by atoms with E-state index in [1.165, 1.54) is 5.56 Å². The summed E-state index contributed by atoms with van der Waals surface area (Å²) in [4.78, 5) is 10.8. The van der Waals surface area contributed by atoms with Crippen LogP contribution in [0.3, 0.4) is 0 Å². The summed E-state index contributed by atoms with van der Waals surface area (Å²) in [5.74, 6) is -0.349. The first-order valence-electron chi connectivity index (χ1n) is 7.16. The maximum absolute atomic E-state index is 10.8. The van der Waals surface area contributed by atoms with E-state index in [4.69, 9.17) is 5.11 Å². The third-order valence-electron chi connectivity index (χ3n) is 2.98. The molecule has 0 aromatic heterocycles. The molecule has 0 amide bonds. The Morgan fingerprint density at radius 2 is 1.63 bits per heavy atom. The maximum atomic E-state index is 10.8. The second-order valence-corrected chi connectivity index (χ2v) is 5.80. The van der Waals surface area contributed by atoms with Gasteiger partial charge in [0.2, 0.25) is 0 Å². The van der Waals surface area contributed by atoms with Gasteiger partial charge in [-0.1, -0.05) is 53.7 Å². The molecule has 2 nitrogen and oxygen atoms in total. The number of carbonyl (C=O) groups is 1. The number of benzene rings is 1. The number of carboxylic acid groups (broad SMARTS) is 1. The van der Waals surface area contributed by atoms with E-state index in [1.54, 1.807) is 12.1 Å². The molecule has 1 N–H and O–H groups in total. The van der Waals surface area contributed by atoms with E-state index in [0.717, 1.165) is 12.8 Å². The molecule has 0 fully saturated rings. The van der Waals surface area contributed by atoms with Crippen molar-refractivity contribution in [1.82, 2.24) is 0 Å². The van der Waals surface area contributed by atoms with Gasteiger partial charge >= 0.3 is 5.97 Å². The largest absolute Gasteiger partial charge is 0.478 e. The maximum Gasteiger partial charge on any atom is 0.335 e. The first-order chi connectivity index (χ1) is 8.83. The van der Waals surface area contributed by atoms with Crippen molar-refractivity contribution in [2.24, 2.45) is 5.41 Å². The standard InChI is InChI=1S/C15H22O2.C2H6/c1-5-11(10-15(2,3)4)12-6-8-13(9-7-12)14(16)17;1-2/h6-9,11H,5,10H2,1-4H3,(H,16,17);1-2H3. The second kappa shape index (κ2) is 7.98. The van der Waals surface area contributed by atoms with Gasteiger partial charge in [-0.15, -0.1) is 0 Å². The normalized spacial score (nSPS) is 12.3. The average Bonchev–Trinajstić information content (AvgIpc) is 2.37. The molecule has 1 unspecified atom stereocenters. The Balaban J connectivity index is 0.00000154. The SMILES string of the molecule is CC.CCC(CC(C)(C)C)c1ccc(C(=O)O)cc1. The first kappa shape index (κ1) is 17.7. The Labute approximate surface area is 117 Å². The third kappa shape index (κ3) is 6.42. The summed E-state index contributed by atoms with van der Waals surface area (Å²) in [7, 11) is 0. The summed E-state index contributed by atoms with van der Waals surface area (Å²) in [5, 5.41) is 8.86. The average molecular weight is 264 g/mol. The fraction of sp³-hybridized carbons (Fsp3) is 0.588. The molecular formula is C17H28O2. The van der Waals surface area contributed by atoms with Crippen LogP contribution in [0.15, 0.2) is 24.3 Å². The van der Waals surface area contributed by atoms with E-state index in [0.29, 0.717) is 16.9 Å². The molecule has 0 heterocycles. The van der Waals surface area contributed by atoms with Crippen molar-refractivity contribution in [3.05, 3.63) is 35.4 Å². The Kier molecular flexibility index (Phi) is 7.43. The molecule has 19 heavy (non-hydrogen) atoms. The van der Waals surface area contributed by atoms with Crippen molar-refractivity contribution in [1.29, 1.82) is 0 Å². The Hall–Kier alpha value is -1.31. The van der Waals surface area contributed by atoms with E-state index in [-0.39, 0.29) is 0 Å². The van der Waals surface area contributed by atoms with Crippen LogP contribution < -0.4 is 0 Å². The number of hydrogen-bond acceptors (Lipinski definition) is 1. The van der Waals surface area contributed by atoms with Crippen LogP contribution in [0.2, 0.25) is 0 Å². The number of hydrogen-bond donors (Lipinski definition) is 1. The highest BCUT2D eigenvalue weighted by Crippen LogP contribution is 2.33. The van der Waals surface area contributed by atoms with Crippen LogP contribution in [0, 0.1) is 5.41 Å². The van der Waals surface area contributed by atoms with Crippen molar-refractivity contribution >= 4 is 5.97 Å². The number of carboxylic acids is 1. The summed E-state index contributed by atoms with van der Waals surface area (Å²) in [5.41, 5.74) is 1.90. The predicted molar refractivity (Wildman–Crippen MR) is 81.9 cm³/mol. The summed E-state index contributed by atoms with van der Waals surface area (Å²) >= 11 is 0. The highest BCUT2D eigenvalue weighted by molar-refractivity contribution is 5.87. The lowest BCUT2D eigenvalue weighted by Gasteiger charge is -2.25. The Bertz CT molecular complexity index is 371. The number of aromatic carboxylic acids is 1. The zero-order valence-corrected chi connectivity index (χ0v) is 13.2. The van der Waals surface area contributed by atoms with Crippen LogP contribution >= 0.6 is 0 Å². The van der Waals surface area contributed by atoms with E-state index < -0.39 is 5.97 Å². The van der Waals surface area contributed by atoms with Gasteiger partial charge in [0.1, 0.15) is 0 Å². The Morgan fingerprint density at radius 1 is 1.16 bits per heavy atom. The van der Waals surface area contributed by atoms with Crippen molar-refractivity contribution in [2.45, 2.75) is 60.3 Å². The fourth-order valence-electron chi connectivity index (χ4n) is 2.13. The molecule has 0 aliphatic carbocycles. The lowest BCUT2D eigenvalue weighted by molar-refractivity contribution is 0.0697. The second-order valence-electron chi connectivity index (χ2n) is 5.80. The van der Waals surface area contributed by atoms with Crippen LogP contribution in [0.5, 0.6) is 0 Å². The molecule has 0 saturated heterocycles. The van der Waals surface area contributed by atoms with Gasteiger partial charge in [0.25, 0.3) is 0 Å². The fourth-order valence-corrected chi connectivity index (χ4v) is 2.13. The van der Waals surface area contributed by atoms with E-state index in [9.17, 15) is 4.79 Å². The molecule has 1 atom stereocenters. The van der Waals surface area contributed by atoms with Crippen LogP contribution in [0.4, 0.5) is 0 Å². The zero-order valence-electron chi connectivity index (χ0n) is 13.2. The molecule has 0 bridgehead atoms. The van der Waals surface area contributed by atoms with Crippen molar-refractivity contribution in [3.8, 4) is 0 Å². The van der Waals surface area contributed by atoms with Gasteiger partial charge in [-0.25, -0.2) is 4.79 Å². The monoisotopic (exact) mass is 264 g/mol. The quantitative estimate of drug-likeness (QED) is 0.796. The van der Waals surface area contributed by atoms with Gasteiger partial charge in [0.05, 0.1) is 5.56 Å². The molecule has 0 saturated carbocycles. The van der Waals surface area contributed by atoms with Gasteiger partial charge in [-0.05, 0) is 41.9 Å². The molecule has 0 aliphatic rings. The summed E-state index contributed by atoms with van der Waals surface area (Å²) in [6.07, 6.45) is 2.21. The minimum absolute atomic E-state index is 0.298. The van der Waals surface area contributed by atoms with E-state index >= 15 is 0 Å². The van der Waals surface area contributed by atoms with Crippen molar-refractivity contribution in [3.63, 3.8) is 0 Å². The van der Waals surface area contributed by atoms with Gasteiger partial charge in [0.15, 0.2) is 0 Å². The Morgan fingerprint density at radius 3 is 1.95 bits per heavy atom. The highest BCUT2D eigenvalue weighted by Gasteiger charge is 2.19. The molecule has 108 valence electrons. The van der Waals surface area contributed by atoms with Gasteiger partial charge in [0, 0.05) is 0 Å². The predicted octanol–water partition coefficient (Wildman–Crippen LogP) is 5.34. The zero-order chi connectivity index (χ0) is 15.1. The molecule has 0 spiro atoms. The number of rotatable bonds is 4. The van der Waals surface area contributed by atoms with Crippen molar-refractivity contribution < 1.29 is 9.90 Å². The third-order valence-corrected chi connectivity index (χ3v) is 2.98. The van der Waals surface area contributed by atoms with Gasteiger partial charge < -0.3 is 5.11 Å². The van der Waals surface area contributed by atoms with Gasteiger partial charge in [-0.2, -0.15) is 0 Å². The summed E-state index contributed by atoms with van der Waals surface area (Å²) in [6, 6.07) is 7.29. The molecule has 2 heteroatoms. The summed E-state index contributed by atoms with van der Waals surface area (Å²) in [6.45, 7) is 12.9.